The molecule has 9 nitrogen and oxygen atoms in total. The highest BCUT2D eigenvalue weighted by Crippen LogP contribution is 2.35. The van der Waals surface area contributed by atoms with Gasteiger partial charge in [-0.3, -0.25) is 9.47 Å². The van der Waals surface area contributed by atoms with Gasteiger partial charge in [-0.1, -0.05) is 0 Å². The van der Waals surface area contributed by atoms with E-state index in [2.05, 4.69) is 30.2 Å². The molecule has 0 bridgehead atoms. The molecule has 2 N–H and O–H groups in total. The van der Waals surface area contributed by atoms with Crippen LogP contribution in [-0.2, 0) is 12.7 Å². The zero-order chi connectivity index (χ0) is 27.1. The zero-order valence-corrected chi connectivity index (χ0v) is 20.0. The van der Waals surface area contributed by atoms with E-state index in [-0.39, 0.29) is 11.7 Å². The van der Waals surface area contributed by atoms with Gasteiger partial charge in [0.05, 0.1) is 22.8 Å². The van der Waals surface area contributed by atoms with Gasteiger partial charge in [-0.15, -0.1) is 0 Å². The van der Waals surface area contributed by atoms with Gasteiger partial charge in [-0.25, -0.2) is 24.1 Å². The number of hydrogen-bond donors (Lipinski definition) is 2. The second-order valence-corrected chi connectivity index (χ2v) is 8.90. The van der Waals surface area contributed by atoms with E-state index >= 15 is 0 Å². The molecular formula is C26H19F4N7O2. The molecule has 5 aromatic rings. The minimum atomic E-state index is -4.89. The van der Waals surface area contributed by atoms with Crippen LogP contribution in [0.2, 0.25) is 0 Å². The average Bonchev–Trinajstić information content (AvgIpc) is 3.27. The van der Waals surface area contributed by atoms with E-state index in [0.29, 0.717) is 41.2 Å². The molecule has 4 heterocycles. The number of nitrogens with one attached hydrogen (secondary N) is 2. The largest absolute Gasteiger partial charge is 0.439 e. The van der Waals surface area contributed by atoms with Gasteiger partial charge in [-0.05, 0) is 42.5 Å². The molecule has 2 aromatic carbocycles. The van der Waals surface area contributed by atoms with Gasteiger partial charge >= 0.3 is 12.2 Å². The number of carbonyl (C=O) groups excluding carboxylic acids is 1. The van der Waals surface area contributed by atoms with Crippen LogP contribution in [0.5, 0.6) is 11.6 Å². The Labute approximate surface area is 218 Å². The lowest BCUT2D eigenvalue weighted by Crippen LogP contribution is -2.19. The molecule has 2 atom stereocenters. The highest BCUT2D eigenvalue weighted by Gasteiger charge is 2.37. The van der Waals surface area contributed by atoms with Crippen molar-refractivity contribution in [2.75, 3.05) is 11.9 Å². The van der Waals surface area contributed by atoms with Crippen molar-refractivity contribution < 1.29 is 27.1 Å². The lowest BCUT2D eigenvalue weighted by molar-refractivity contribution is -0.139. The maximum Gasteiger partial charge on any atom is 0.419 e. The predicted octanol–water partition coefficient (Wildman–Crippen LogP) is 5.74. The Kier molecular flexibility index (Phi) is 5.99. The van der Waals surface area contributed by atoms with Crippen molar-refractivity contribution in [1.82, 2.24) is 29.4 Å². The number of aromatic nitrogens is 5. The Balaban J connectivity index is 1.14. The highest BCUT2D eigenvalue weighted by atomic mass is 19.4. The fourth-order valence-corrected chi connectivity index (χ4v) is 4.28. The summed E-state index contributed by atoms with van der Waals surface area (Å²) >= 11 is 0. The molecule has 198 valence electrons. The van der Waals surface area contributed by atoms with Crippen LogP contribution in [0.4, 0.5) is 28.0 Å². The minimum absolute atomic E-state index is 0.187. The molecule has 1 saturated heterocycles. The van der Waals surface area contributed by atoms with Crippen LogP contribution in [0.1, 0.15) is 23.1 Å². The Morgan fingerprint density at radius 1 is 1.10 bits per heavy atom. The van der Waals surface area contributed by atoms with Crippen molar-refractivity contribution in [1.29, 1.82) is 0 Å². The molecule has 0 spiro atoms. The van der Waals surface area contributed by atoms with Crippen molar-refractivity contribution in [3.63, 3.8) is 0 Å². The van der Waals surface area contributed by atoms with Crippen molar-refractivity contribution in [3.05, 3.63) is 96.3 Å². The molecule has 39 heavy (non-hydrogen) atoms. The van der Waals surface area contributed by atoms with Crippen LogP contribution < -0.4 is 10.1 Å². The van der Waals surface area contributed by atoms with E-state index in [0.717, 1.165) is 24.1 Å². The maximum absolute atomic E-state index is 13.6. The molecule has 13 heteroatoms. The number of amides is 1. The Hall–Kier alpha value is -4.78. The zero-order valence-electron chi connectivity index (χ0n) is 20.0. The number of carbonyl (C=O) groups is 1. The third-order valence-corrected chi connectivity index (χ3v) is 6.24. The van der Waals surface area contributed by atoms with Gasteiger partial charge in [0.15, 0.2) is 0 Å². The molecule has 6 rings (SSSR count). The first-order valence-electron chi connectivity index (χ1n) is 11.8. The number of halogens is 4. The molecule has 0 aliphatic carbocycles. The number of rotatable bonds is 6. The molecule has 1 unspecified atom stereocenters. The van der Waals surface area contributed by atoms with E-state index in [1.165, 1.54) is 17.1 Å². The number of aromatic amines is 1. The molecule has 0 radical (unpaired) electrons. The fraction of sp³-hybridized carbons (Fsp3) is 0.154. The smallest absolute Gasteiger partial charge is 0.419 e. The standard InChI is InChI=1S/C26H19F4N7O2/c27-20-3-1-16(10-19(20)26(28,29)30)35-25(38)37-8-5-15-9-18(2-4-21(15)37)39-23-11-17(33-14-34-23)12-36-13-22(36)24-31-6-7-32-24/h1-11,14,22H,12-13H2,(H,31,32)(H,35,38)/t22-,36?/m1/s1. The van der Waals surface area contributed by atoms with E-state index in [1.54, 1.807) is 42.7 Å². The van der Waals surface area contributed by atoms with E-state index in [9.17, 15) is 22.4 Å². The number of H-pyrrole nitrogens is 1. The summed E-state index contributed by atoms with van der Waals surface area (Å²) in [5.74, 6) is 0.320. The second kappa shape index (κ2) is 9.51. The minimum Gasteiger partial charge on any atom is -0.439 e. The number of ether oxygens (including phenoxy) is 1. The van der Waals surface area contributed by atoms with Crippen molar-refractivity contribution >= 4 is 22.6 Å². The van der Waals surface area contributed by atoms with Gasteiger partial charge < -0.3 is 15.0 Å². The van der Waals surface area contributed by atoms with Crippen LogP contribution in [0.25, 0.3) is 10.9 Å². The highest BCUT2D eigenvalue weighted by molar-refractivity contribution is 5.98. The maximum atomic E-state index is 13.6. The van der Waals surface area contributed by atoms with E-state index in [4.69, 9.17) is 4.74 Å². The van der Waals surface area contributed by atoms with Gasteiger partial charge in [-0.2, -0.15) is 13.2 Å². The van der Waals surface area contributed by atoms with Crippen molar-refractivity contribution in [3.8, 4) is 11.6 Å². The summed E-state index contributed by atoms with van der Waals surface area (Å²) in [6.45, 7) is 1.49. The topological polar surface area (TPSA) is 101 Å². The van der Waals surface area contributed by atoms with Crippen LogP contribution in [0.15, 0.2) is 73.4 Å². The summed E-state index contributed by atoms with van der Waals surface area (Å²) in [5, 5.41) is 3.02. The van der Waals surface area contributed by atoms with E-state index < -0.39 is 23.6 Å². The summed E-state index contributed by atoms with van der Waals surface area (Å²) in [7, 11) is 0. The molecule has 1 amide bonds. The number of anilines is 1. The first-order valence-corrected chi connectivity index (χ1v) is 11.8. The van der Waals surface area contributed by atoms with Gasteiger partial charge in [0.25, 0.3) is 0 Å². The normalized spacial score (nSPS) is 16.8. The summed E-state index contributed by atoms with van der Waals surface area (Å²) in [6, 6.07) is 10.2. The van der Waals surface area contributed by atoms with Gasteiger partial charge in [0.1, 0.15) is 23.7 Å². The van der Waals surface area contributed by atoms with Crippen molar-refractivity contribution in [2.45, 2.75) is 18.8 Å². The molecule has 1 fully saturated rings. The average molecular weight is 537 g/mol. The number of imidazole rings is 1. The third-order valence-electron chi connectivity index (χ3n) is 6.24. The van der Waals surface area contributed by atoms with Crippen molar-refractivity contribution in [2.24, 2.45) is 0 Å². The summed E-state index contributed by atoms with van der Waals surface area (Å²) in [4.78, 5) is 30.8. The number of hydrogen-bond acceptors (Lipinski definition) is 6. The number of fused-ring (bicyclic) bond motifs is 1. The Morgan fingerprint density at radius 3 is 2.77 bits per heavy atom. The van der Waals surface area contributed by atoms with Crippen LogP contribution in [0.3, 0.4) is 0 Å². The second-order valence-electron chi connectivity index (χ2n) is 8.90. The number of benzene rings is 2. The Morgan fingerprint density at radius 2 is 1.97 bits per heavy atom. The van der Waals surface area contributed by atoms with Crippen LogP contribution >= 0.6 is 0 Å². The first kappa shape index (κ1) is 24.6. The Bertz CT molecular complexity index is 1670. The molecule has 1 aliphatic rings. The summed E-state index contributed by atoms with van der Waals surface area (Å²) in [6.07, 6.45) is 1.52. The predicted molar refractivity (Wildman–Crippen MR) is 132 cm³/mol. The third kappa shape index (κ3) is 5.16. The van der Waals surface area contributed by atoms with Gasteiger partial charge in [0.2, 0.25) is 5.88 Å². The summed E-state index contributed by atoms with van der Waals surface area (Å²) < 4.78 is 59.7. The molecule has 3 aromatic heterocycles. The fourth-order valence-electron chi connectivity index (χ4n) is 4.28. The molecule has 1 aliphatic heterocycles. The monoisotopic (exact) mass is 537 g/mol. The van der Waals surface area contributed by atoms with Crippen LogP contribution in [-0.4, -0.2) is 42.0 Å². The lowest BCUT2D eigenvalue weighted by atomic mass is 10.2. The quantitative estimate of drug-likeness (QED) is 0.212. The van der Waals surface area contributed by atoms with Gasteiger partial charge in [0, 0.05) is 48.8 Å². The number of nitrogens with zero attached hydrogens (tertiary/aromatic N) is 5. The SMILES string of the molecule is O=C(Nc1ccc(F)c(C(F)(F)F)c1)n1ccc2cc(Oc3cc(CN4C[C@@H]4c4ncc[nH]4)ncn3)ccc21. The van der Waals surface area contributed by atoms with Crippen LogP contribution in [0, 0.1) is 5.82 Å². The summed E-state index contributed by atoms with van der Waals surface area (Å²) in [5.41, 5.74) is -0.369. The number of alkyl halides is 3. The van der Waals surface area contributed by atoms with E-state index in [1.807, 2.05) is 0 Å². The molecular weight excluding hydrogens is 518 g/mol. The lowest BCUT2D eigenvalue weighted by Gasteiger charge is -2.12. The first-order chi connectivity index (χ1) is 18.7. The molecule has 0 saturated carbocycles.